The third-order valence-corrected chi connectivity index (χ3v) is 19.9. The summed E-state index contributed by atoms with van der Waals surface area (Å²) in [5, 5.41) is 10.6. The van der Waals surface area contributed by atoms with Crippen LogP contribution in [0.15, 0.2) is 24.3 Å². The lowest BCUT2D eigenvalue weighted by Gasteiger charge is -2.21. The Morgan fingerprint density at radius 1 is 0.344 bits per heavy atom. The molecule has 4 unspecified atom stereocenters. The van der Waals surface area contributed by atoms with Crippen molar-refractivity contribution < 1.29 is 80.2 Å². The van der Waals surface area contributed by atoms with E-state index in [2.05, 4.69) is 72.8 Å². The highest BCUT2D eigenvalue weighted by Crippen LogP contribution is 2.45. The molecule has 0 aromatic carbocycles. The first-order chi connectivity index (χ1) is 46.3. The average molecular weight is 1410 g/mol. The number of carbonyl (C=O) groups is 4. The van der Waals surface area contributed by atoms with Crippen molar-refractivity contribution in [3.63, 3.8) is 0 Å². The van der Waals surface area contributed by atoms with E-state index < -0.39 is 97.5 Å². The van der Waals surface area contributed by atoms with Crippen molar-refractivity contribution in [1.29, 1.82) is 0 Å². The quantitative estimate of drug-likeness (QED) is 0.0169. The molecule has 19 heteroatoms. The van der Waals surface area contributed by atoms with Crippen LogP contribution in [0.3, 0.4) is 0 Å². The topological polar surface area (TPSA) is 237 Å². The first kappa shape index (κ1) is 93.5. The smallest absolute Gasteiger partial charge is 0.462 e. The van der Waals surface area contributed by atoms with Crippen molar-refractivity contribution in [2.24, 2.45) is 17.8 Å². The molecule has 0 heterocycles. The number of aliphatic hydroxyl groups is 1. The van der Waals surface area contributed by atoms with Crippen LogP contribution < -0.4 is 0 Å². The van der Waals surface area contributed by atoms with Crippen molar-refractivity contribution in [3.8, 4) is 0 Å². The number of hydrogen-bond acceptors (Lipinski definition) is 15. The van der Waals surface area contributed by atoms with Gasteiger partial charge in [0.25, 0.3) is 0 Å². The Bertz CT molecular complexity index is 1970. The highest BCUT2D eigenvalue weighted by atomic mass is 31.2. The lowest BCUT2D eigenvalue weighted by atomic mass is 9.99. The van der Waals surface area contributed by atoms with E-state index in [4.69, 9.17) is 37.0 Å². The molecule has 0 rings (SSSR count). The summed E-state index contributed by atoms with van der Waals surface area (Å²) < 4.78 is 68.5. The van der Waals surface area contributed by atoms with E-state index in [1.54, 1.807) is 0 Å². The maximum atomic E-state index is 13.1. The minimum atomic E-state index is -4.97. The van der Waals surface area contributed by atoms with Crippen LogP contribution in [-0.2, 0) is 65.4 Å². The van der Waals surface area contributed by atoms with E-state index in [0.717, 1.165) is 127 Å². The predicted octanol–water partition coefficient (Wildman–Crippen LogP) is 22.1. The normalized spacial score (nSPS) is 14.8. The molecule has 0 saturated carbocycles. The van der Waals surface area contributed by atoms with Crippen molar-refractivity contribution in [2.75, 3.05) is 39.6 Å². The number of ether oxygens (including phenoxy) is 4. The largest absolute Gasteiger partial charge is 0.472 e. The van der Waals surface area contributed by atoms with E-state index in [-0.39, 0.29) is 25.7 Å². The number of carbonyl (C=O) groups excluding carboxylic acids is 4. The molecule has 0 amide bonds. The van der Waals surface area contributed by atoms with E-state index >= 15 is 0 Å². The second-order valence-electron chi connectivity index (χ2n) is 28.0. The number of aliphatic hydroxyl groups excluding tert-OH is 1. The Morgan fingerprint density at radius 3 is 0.927 bits per heavy atom. The van der Waals surface area contributed by atoms with E-state index in [1.165, 1.54) is 161 Å². The first-order valence-electron chi connectivity index (χ1n) is 39.2. The Labute approximate surface area is 586 Å². The second kappa shape index (κ2) is 67.1. The lowest BCUT2D eigenvalue weighted by molar-refractivity contribution is -0.161. The van der Waals surface area contributed by atoms with Crippen LogP contribution in [0, 0.1) is 17.8 Å². The number of phosphoric ester groups is 2. The van der Waals surface area contributed by atoms with Crippen molar-refractivity contribution in [1.82, 2.24) is 0 Å². The molecule has 0 fully saturated rings. The lowest BCUT2D eigenvalue weighted by Crippen LogP contribution is -2.30. The molecule has 0 saturated heterocycles. The second-order valence-corrected chi connectivity index (χ2v) is 30.9. The standard InChI is InChI=1S/C77H146O17P2/c1-8-11-12-13-14-15-16-17-20-24-27-30-37-46-53-60-76(81)93-72(64-87-74(79)58-51-44-36-33-32-35-42-49-56-69(6)9-2)66-91-95(83,84)89-62-71(78)63-90-96(85,86)92-67-73(65-88-75(80)59-52-45-40-39-43-50-57-70(7)10-3)94-77(82)61-54-47-38-31-28-25-22-19-18-21-23-26-29-34-41-48-55-68(4)5/h15-17,20,68-73,78H,8-14,18-19,21-67H2,1-7H3,(H,83,84)(H,85,86)/b16-15-,20-17-/t69?,70?,71-,72-,73-/m1/s1. The molecule has 566 valence electrons. The van der Waals surface area contributed by atoms with Gasteiger partial charge < -0.3 is 33.8 Å². The molecule has 0 aliphatic carbocycles. The van der Waals surface area contributed by atoms with Gasteiger partial charge in [0.15, 0.2) is 12.2 Å². The molecular formula is C77H146O17P2. The van der Waals surface area contributed by atoms with Gasteiger partial charge in [-0.3, -0.25) is 37.3 Å². The zero-order chi connectivity index (χ0) is 70.9. The summed E-state index contributed by atoms with van der Waals surface area (Å²) in [4.78, 5) is 72.8. The van der Waals surface area contributed by atoms with E-state index in [9.17, 15) is 43.2 Å². The number of unbranched alkanes of at least 4 members (excludes halogenated alkanes) is 36. The SMILES string of the molecule is CCCCCC/C=C\C=C/CCCCCCCC(=O)O[C@H](COC(=O)CCCCCCCCCCC(C)CC)COP(=O)(O)OC[C@@H](O)COP(=O)(O)OC[C@@H](COC(=O)CCCCCCCCC(C)CC)OC(=O)CCCCCCCCCCCCCCCCCCC(C)C. The fourth-order valence-electron chi connectivity index (χ4n) is 11.2. The summed E-state index contributed by atoms with van der Waals surface area (Å²) in [7, 11) is -9.93. The third kappa shape index (κ3) is 67.4. The number of esters is 4. The summed E-state index contributed by atoms with van der Waals surface area (Å²) in [6.45, 7) is 11.8. The fraction of sp³-hybridized carbons (Fsp3) is 0.896. The van der Waals surface area contributed by atoms with Gasteiger partial charge in [-0.25, -0.2) is 9.13 Å². The van der Waals surface area contributed by atoms with E-state index in [0.29, 0.717) is 25.7 Å². The van der Waals surface area contributed by atoms with Gasteiger partial charge in [0.1, 0.15) is 19.3 Å². The molecule has 0 aliphatic heterocycles. The monoisotopic (exact) mass is 1410 g/mol. The number of phosphoric acid groups is 2. The Kier molecular flexibility index (Phi) is 65.3. The van der Waals surface area contributed by atoms with Gasteiger partial charge in [-0.15, -0.1) is 0 Å². The first-order valence-corrected chi connectivity index (χ1v) is 42.2. The highest BCUT2D eigenvalue weighted by molar-refractivity contribution is 7.47. The van der Waals surface area contributed by atoms with Crippen LogP contribution in [0.5, 0.6) is 0 Å². The molecule has 0 aliphatic rings. The molecular weight excluding hydrogens is 1260 g/mol. The zero-order valence-corrected chi connectivity index (χ0v) is 64.1. The molecule has 0 bridgehead atoms. The molecule has 0 radical (unpaired) electrons. The molecule has 7 atom stereocenters. The number of allylic oxidation sites excluding steroid dienone is 4. The fourth-order valence-corrected chi connectivity index (χ4v) is 12.8. The van der Waals surface area contributed by atoms with Crippen LogP contribution in [0.2, 0.25) is 0 Å². The predicted molar refractivity (Wildman–Crippen MR) is 390 cm³/mol. The molecule has 0 spiro atoms. The molecule has 96 heavy (non-hydrogen) atoms. The minimum absolute atomic E-state index is 0.0842. The summed E-state index contributed by atoms with van der Waals surface area (Å²) in [5.41, 5.74) is 0. The Balaban J connectivity index is 5.26. The minimum Gasteiger partial charge on any atom is -0.462 e. The zero-order valence-electron chi connectivity index (χ0n) is 62.3. The van der Waals surface area contributed by atoms with Gasteiger partial charge in [-0.05, 0) is 69.1 Å². The number of hydrogen-bond donors (Lipinski definition) is 3. The Hall–Kier alpha value is -2.46. The van der Waals surface area contributed by atoms with Crippen molar-refractivity contribution in [2.45, 2.75) is 388 Å². The molecule has 3 N–H and O–H groups in total. The van der Waals surface area contributed by atoms with Gasteiger partial charge in [0.05, 0.1) is 26.4 Å². The third-order valence-electron chi connectivity index (χ3n) is 18.0. The van der Waals surface area contributed by atoms with Crippen LogP contribution in [-0.4, -0.2) is 96.7 Å². The summed E-state index contributed by atoms with van der Waals surface area (Å²) in [5.74, 6) is 0.162. The average Bonchev–Trinajstić information content (AvgIpc) is 1.37. The van der Waals surface area contributed by atoms with Crippen LogP contribution in [0.25, 0.3) is 0 Å². The summed E-state index contributed by atoms with van der Waals surface area (Å²) in [6.07, 6.45) is 56.3. The van der Waals surface area contributed by atoms with Crippen LogP contribution in [0.4, 0.5) is 0 Å². The maximum absolute atomic E-state index is 13.1. The summed E-state index contributed by atoms with van der Waals surface area (Å²) >= 11 is 0. The molecule has 0 aromatic rings. The Morgan fingerprint density at radius 2 is 0.615 bits per heavy atom. The van der Waals surface area contributed by atoms with Gasteiger partial charge in [-0.2, -0.15) is 0 Å². The van der Waals surface area contributed by atoms with Crippen molar-refractivity contribution >= 4 is 39.5 Å². The van der Waals surface area contributed by atoms with Crippen LogP contribution >= 0.6 is 15.6 Å². The van der Waals surface area contributed by atoms with E-state index in [1.807, 2.05) is 0 Å². The summed E-state index contributed by atoms with van der Waals surface area (Å²) in [6, 6.07) is 0. The number of rotatable bonds is 73. The van der Waals surface area contributed by atoms with Gasteiger partial charge >= 0.3 is 39.5 Å². The van der Waals surface area contributed by atoms with Gasteiger partial charge in [0.2, 0.25) is 0 Å². The van der Waals surface area contributed by atoms with Gasteiger partial charge in [0, 0.05) is 25.7 Å². The van der Waals surface area contributed by atoms with Crippen LogP contribution in [0.1, 0.15) is 370 Å². The highest BCUT2D eigenvalue weighted by Gasteiger charge is 2.30. The molecule has 17 nitrogen and oxygen atoms in total. The molecule has 0 aromatic heterocycles. The van der Waals surface area contributed by atoms with Gasteiger partial charge in [-0.1, -0.05) is 317 Å². The maximum Gasteiger partial charge on any atom is 0.472 e. The van der Waals surface area contributed by atoms with Crippen molar-refractivity contribution in [3.05, 3.63) is 24.3 Å².